The molecule has 1 atom stereocenters. The van der Waals surface area contributed by atoms with Gasteiger partial charge in [-0.25, -0.2) is 0 Å². The molecule has 0 fully saturated rings. The number of nitrogens with one attached hydrogen (secondary N) is 1. The molecule has 0 aliphatic heterocycles. The zero-order chi connectivity index (χ0) is 18.7. The topological polar surface area (TPSA) is 68.0 Å². The molecule has 3 rings (SSSR count). The minimum Gasteiger partial charge on any atom is -0.411 e. The maximum absolute atomic E-state index is 12.4. The molecule has 1 amide bonds. The summed E-state index contributed by atoms with van der Waals surface area (Å²) in [5.74, 6) is 0.251. The number of aromatic nitrogens is 2. The lowest BCUT2D eigenvalue weighted by molar-refractivity contribution is -0.115. The number of amides is 1. The molecule has 3 aromatic rings. The molecule has 2 aromatic carbocycles. The van der Waals surface area contributed by atoms with E-state index in [2.05, 4.69) is 15.5 Å². The van der Waals surface area contributed by atoms with E-state index in [9.17, 15) is 4.79 Å². The number of anilines is 1. The second kappa shape index (κ2) is 7.93. The maximum atomic E-state index is 12.4. The summed E-state index contributed by atoms with van der Waals surface area (Å²) in [5, 5.41) is 11.5. The van der Waals surface area contributed by atoms with Crippen LogP contribution in [0.25, 0.3) is 11.5 Å². The van der Waals surface area contributed by atoms with Gasteiger partial charge in [0.15, 0.2) is 0 Å². The van der Waals surface area contributed by atoms with E-state index in [1.807, 2.05) is 44.2 Å². The molecule has 0 aliphatic rings. The fraction of sp³-hybridized carbons (Fsp3) is 0.211. The monoisotopic (exact) mass is 387 g/mol. The first-order valence-corrected chi connectivity index (χ1v) is 9.32. The Kier molecular flexibility index (Phi) is 5.64. The SMILES string of the molecule is Cc1ccc(NC(=O)[C@@H](C)Sc2nnc(-c3cccc(Cl)c3)o2)c(C)c1. The fourth-order valence-corrected chi connectivity index (χ4v) is 3.26. The van der Waals surface area contributed by atoms with Crippen molar-refractivity contribution in [3.8, 4) is 11.5 Å². The summed E-state index contributed by atoms with van der Waals surface area (Å²) < 4.78 is 5.64. The van der Waals surface area contributed by atoms with Gasteiger partial charge in [-0.05, 0) is 50.6 Å². The lowest BCUT2D eigenvalue weighted by Gasteiger charge is -2.12. The third-order valence-electron chi connectivity index (χ3n) is 3.76. The quantitative estimate of drug-likeness (QED) is 0.615. The average molecular weight is 388 g/mol. The van der Waals surface area contributed by atoms with Crippen LogP contribution in [0, 0.1) is 13.8 Å². The lowest BCUT2D eigenvalue weighted by Crippen LogP contribution is -2.22. The number of aryl methyl sites for hydroxylation is 2. The minimum atomic E-state index is -0.386. The molecule has 0 aliphatic carbocycles. The van der Waals surface area contributed by atoms with Gasteiger partial charge in [0.25, 0.3) is 5.22 Å². The number of hydrogen-bond acceptors (Lipinski definition) is 5. The van der Waals surface area contributed by atoms with Gasteiger partial charge in [0.05, 0.1) is 5.25 Å². The van der Waals surface area contributed by atoms with Gasteiger partial charge in [-0.2, -0.15) is 0 Å². The number of nitrogens with zero attached hydrogens (tertiary/aromatic N) is 2. The van der Waals surface area contributed by atoms with Crippen LogP contribution < -0.4 is 5.32 Å². The van der Waals surface area contributed by atoms with E-state index in [0.717, 1.165) is 22.4 Å². The van der Waals surface area contributed by atoms with Gasteiger partial charge in [0.1, 0.15) is 0 Å². The number of benzene rings is 2. The van der Waals surface area contributed by atoms with Crippen molar-refractivity contribution in [1.82, 2.24) is 10.2 Å². The number of thioether (sulfide) groups is 1. The summed E-state index contributed by atoms with van der Waals surface area (Å²) in [6.45, 7) is 5.78. The van der Waals surface area contributed by atoms with Gasteiger partial charge in [-0.15, -0.1) is 10.2 Å². The minimum absolute atomic E-state index is 0.121. The van der Waals surface area contributed by atoms with Crippen molar-refractivity contribution < 1.29 is 9.21 Å². The third-order valence-corrected chi connectivity index (χ3v) is 4.93. The van der Waals surface area contributed by atoms with E-state index in [0.29, 0.717) is 16.1 Å². The van der Waals surface area contributed by atoms with Crippen molar-refractivity contribution >= 4 is 35.0 Å². The Labute approximate surface area is 161 Å². The smallest absolute Gasteiger partial charge is 0.277 e. The van der Waals surface area contributed by atoms with Crippen molar-refractivity contribution in [2.45, 2.75) is 31.2 Å². The summed E-state index contributed by atoms with van der Waals surface area (Å²) in [4.78, 5) is 12.4. The summed E-state index contributed by atoms with van der Waals surface area (Å²) >= 11 is 7.19. The van der Waals surface area contributed by atoms with Crippen molar-refractivity contribution in [2.24, 2.45) is 0 Å². The first-order chi connectivity index (χ1) is 12.4. The van der Waals surface area contributed by atoms with Gasteiger partial charge >= 0.3 is 0 Å². The number of halogens is 1. The zero-order valence-corrected chi connectivity index (χ0v) is 16.2. The van der Waals surface area contributed by atoms with E-state index in [-0.39, 0.29) is 11.2 Å². The van der Waals surface area contributed by atoms with Crippen LogP contribution in [-0.2, 0) is 4.79 Å². The first-order valence-electron chi connectivity index (χ1n) is 8.06. The molecule has 0 bridgehead atoms. The van der Waals surface area contributed by atoms with Gasteiger partial charge in [0, 0.05) is 16.3 Å². The molecule has 1 heterocycles. The second-order valence-electron chi connectivity index (χ2n) is 5.95. The van der Waals surface area contributed by atoms with Crippen LogP contribution in [0.3, 0.4) is 0 Å². The molecule has 26 heavy (non-hydrogen) atoms. The van der Waals surface area contributed by atoms with Crippen LogP contribution in [0.15, 0.2) is 52.1 Å². The molecular weight excluding hydrogens is 370 g/mol. The second-order valence-corrected chi connectivity index (χ2v) is 7.68. The molecule has 0 spiro atoms. The van der Waals surface area contributed by atoms with E-state index >= 15 is 0 Å². The molecular formula is C19H18ClN3O2S. The van der Waals surface area contributed by atoms with Crippen molar-refractivity contribution in [3.05, 3.63) is 58.6 Å². The highest BCUT2D eigenvalue weighted by Gasteiger charge is 2.19. The predicted molar refractivity (Wildman–Crippen MR) is 105 cm³/mol. The number of rotatable bonds is 5. The number of hydrogen-bond donors (Lipinski definition) is 1. The largest absolute Gasteiger partial charge is 0.411 e. The van der Waals surface area contributed by atoms with Crippen LogP contribution in [0.4, 0.5) is 5.69 Å². The Morgan fingerprint density at radius 2 is 2.00 bits per heavy atom. The van der Waals surface area contributed by atoms with E-state index in [4.69, 9.17) is 16.0 Å². The summed E-state index contributed by atoms with van der Waals surface area (Å²) in [6, 6.07) is 13.1. The van der Waals surface area contributed by atoms with Gasteiger partial charge in [-0.3, -0.25) is 4.79 Å². The summed E-state index contributed by atoms with van der Waals surface area (Å²) in [7, 11) is 0. The molecule has 0 saturated carbocycles. The van der Waals surface area contributed by atoms with Crippen LogP contribution >= 0.6 is 23.4 Å². The Morgan fingerprint density at radius 3 is 2.73 bits per heavy atom. The molecule has 0 unspecified atom stereocenters. The molecule has 0 saturated heterocycles. The highest BCUT2D eigenvalue weighted by molar-refractivity contribution is 8.00. The molecule has 5 nitrogen and oxygen atoms in total. The van der Waals surface area contributed by atoms with Crippen LogP contribution in [-0.4, -0.2) is 21.4 Å². The summed E-state index contributed by atoms with van der Waals surface area (Å²) in [5.41, 5.74) is 3.72. The van der Waals surface area contributed by atoms with E-state index < -0.39 is 0 Å². The van der Waals surface area contributed by atoms with Gasteiger partial charge in [-0.1, -0.05) is 47.1 Å². The zero-order valence-electron chi connectivity index (χ0n) is 14.6. The predicted octanol–water partition coefficient (Wildman–Crippen LogP) is 5.13. The Bertz CT molecular complexity index is 942. The normalized spacial score (nSPS) is 12.0. The van der Waals surface area contributed by atoms with Crippen molar-refractivity contribution in [3.63, 3.8) is 0 Å². The highest BCUT2D eigenvalue weighted by atomic mass is 35.5. The Hall–Kier alpha value is -2.31. The standard InChI is InChI=1S/C19H18ClN3O2S/c1-11-7-8-16(12(2)9-11)21-17(24)13(3)26-19-23-22-18(25-19)14-5-4-6-15(20)10-14/h4-10,13H,1-3H3,(H,21,24)/t13-/m1/s1. The van der Waals surface area contributed by atoms with Crippen LogP contribution in [0.5, 0.6) is 0 Å². The number of carbonyl (C=O) groups is 1. The third kappa shape index (κ3) is 4.45. The molecule has 1 N–H and O–H groups in total. The first kappa shape index (κ1) is 18.5. The van der Waals surface area contributed by atoms with Crippen molar-refractivity contribution in [2.75, 3.05) is 5.32 Å². The van der Waals surface area contributed by atoms with Crippen LogP contribution in [0.2, 0.25) is 5.02 Å². The van der Waals surface area contributed by atoms with Crippen molar-refractivity contribution in [1.29, 1.82) is 0 Å². The average Bonchev–Trinajstić information content (AvgIpc) is 3.06. The number of carbonyl (C=O) groups excluding carboxylic acids is 1. The van der Waals surface area contributed by atoms with Crippen LogP contribution in [0.1, 0.15) is 18.1 Å². The molecule has 0 radical (unpaired) electrons. The molecule has 134 valence electrons. The molecule has 1 aromatic heterocycles. The summed E-state index contributed by atoms with van der Waals surface area (Å²) in [6.07, 6.45) is 0. The maximum Gasteiger partial charge on any atom is 0.277 e. The lowest BCUT2D eigenvalue weighted by atomic mass is 10.1. The fourth-order valence-electron chi connectivity index (χ4n) is 2.39. The Balaban J connectivity index is 1.66. The Morgan fingerprint density at radius 1 is 1.19 bits per heavy atom. The van der Waals surface area contributed by atoms with E-state index in [1.165, 1.54) is 11.8 Å². The van der Waals surface area contributed by atoms with E-state index in [1.54, 1.807) is 19.1 Å². The van der Waals surface area contributed by atoms with Gasteiger partial charge in [0.2, 0.25) is 11.8 Å². The van der Waals surface area contributed by atoms with Gasteiger partial charge < -0.3 is 9.73 Å². The highest BCUT2D eigenvalue weighted by Crippen LogP contribution is 2.28. The molecule has 7 heteroatoms.